The normalized spacial score (nSPS) is 26.1. The van der Waals surface area contributed by atoms with E-state index in [4.69, 9.17) is 10.5 Å². The predicted octanol–water partition coefficient (Wildman–Crippen LogP) is 2.68. The van der Waals surface area contributed by atoms with Crippen molar-refractivity contribution in [3.8, 4) is 6.07 Å². The van der Waals surface area contributed by atoms with E-state index in [0.717, 1.165) is 32.4 Å². The van der Waals surface area contributed by atoms with Crippen LogP contribution in [0.25, 0.3) is 0 Å². The molecule has 2 unspecified atom stereocenters. The number of nitrogens with one attached hydrogen (secondary N) is 1. The van der Waals surface area contributed by atoms with Crippen molar-refractivity contribution >= 4 is 17.4 Å². The van der Waals surface area contributed by atoms with Gasteiger partial charge in [-0.15, -0.1) is 0 Å². The number of carbonyl (C=O) groups excluding carboxylic acids is 1. The second-order valence-corrected chi connectivity index (χ2v) is 8.41. The van der Waals surface area contributed by atoms with Crippen LogP contribution in [0.5, 0.6) is 0 Å². The highest BCUT2D eigenvalue weighted by molar-refractivity contribution is 5.98. The Hall–Kier alpha value is -2.96. The van der Waals surface area contributed by atoms with Crippen LogP contribution in [-0.4, -0.2) is 53.4 Å². The number of nitrogens with zero attached hydrogens (tertiary/aromatic N) is 4. The van der Waals surface area contributed by atoms with E-state index in [9.17, 15) is 14.4 Å². The van der Waals surface area contributed by atoms with Gasteiger partial charge in [-0.05, 0) is 49.4 Å². The van der Waals surface area contributed by atoms with E-state index < -0.39 is 5.91 Å². The topological polar surface area (TPSA) is 109 Å². The van der Waals surface area contributed by atoms with E-state index in [-0.39, 0.29) is 23.3 Å². The number of halogens is 1. The van der Waals surface area contributed by atoms with E-state index in [1.807, 2.05) is 0 Å². The maximum absolute atomic E-state index is 13.2. The van der Waals surface area contributed by atoms with Crippen molar-refractivity contribution in [1.29, 1.82) is 5.26 Å². The number of carbonyl (C=O) groups is 1. The molecule has 2 aromatic rings. The zero-order chi connectivity index (χ0) is 22.0. The zero-order valence-corrected chi connectivity index (χ0v) is 17.5. The van der Waals surface area contributed by atoms with Gasteiger partial charge in [0.1, 0.15) is 11.4 Å². The molecule has 1 aliphatic carbocycles. The molecule has 1 aromatic heterocycles. The van der Waals surface area contributed by atoms with Gasteiger partial charge in [0, 0.05) is 38.6 Å². The molecule has 1 aromatic carbocycles. The number of benzene rings is 1. The van der Waals surface area contributed by atoms with Crippen molar-refractivity contribution in [1.82, 2.24) is 14.7 Å². The van der Waals surface area contributed by atoms with Gasteiger partial charge in [0.15, 0.2) is 5.82 Å². The summed E-state index contributed by atoms with van der Waals surface area (Å²) >= 11 is 0. The van der Waals surface area contributed by atoms with Crippen molar-refractivity contribution in [3.05, 3.63) is 41.8 Å². The highest BCUT2D eigenvalue weighted by Crippen LogP contribution is 2.34. The van der Waals surface area contributed by atoms with E-state index in [1.165, 1.54) is 12.1 Å². The fraction of sp³-hybridized carbons (Fsp3) is 0.500. The van der Waals surface area contributed by atoms with Crippen LogP contribution in [0.2, 0.25) is 0 Å². The van der Waals surface area contributed by atoms with E-state index >= 15 is 0 Å². The molecule has 2 aliphatic rings. The van der Waals surface area contributed by atoms with Gasteiger partial charge >= 0.3 is 0 Å². The van der Waals surface area contributed by atoms with Gasteiger partial charge in [0.05, 0.1) is 24.1 Å². The highest BCUT2D eigenvalue weighted by atomic mass is 19.1. The summed E-state index contributed by atoms with van der Waals surface area (Å²) in [6, 6.07) is 8.04. The second kappa shape index (κ2) is 9.04. The molecule has 1 amide bonds. The largest absolute Gasteiger partial charge is 0.381 e. The molecule has 2 heterocycles. The Morgan fingerprint density at radius 2 is 2.13 bits per heavy atom. The van der Waals surface area contributed by atoms with Crippen LogP contribution < -0.4 is 11.1 Å². The fourth-order valence-corrected chi connectivity index (χ4v) is 4.50. The summed E-state index contributed by atoms with van der Waals surface area (Å²) in [5, 5.41) is 17.4. The summed E-state index contributed by atoms with van der Waals surface area (Å²) in [6.07, 6.45) is 4.89. The molecule has 3 N–H and O–H groups in total. The maximum Gasteiger partial charge on any atom is 0.254 e. The van der Waals surface area contributed by atoms with Gasteiger partial charge in [-0.3, -0.25) is 9.48 Å². The summed E-state index contributed by atoms with van der Waals surface area (Å²) in [6.45, 7) is 2.51. The number of nitrogens with two attached hydrogens (primary N) is 1. The first-order valence-electron chi connectivity index (χ1n) is 10.5. The summed E-state index contributed by atoms with van der Waals surface area (Å²) in [4.78, 5) is 14.3. The van der Waals surface area contributed by atoms with Gasteiger partial charge in [0.2, 0.25) is 0 Å². The molecule has 31 heavy (non-hydrogen) atoms. The van der Waals surface area contributed by atoms with Gasteiger partial charge in [-0.2, -0.15) is 10.4 Å². The number of aromatic nitrogens is 2. The molecule has 1 aliphatic heterocycles. The van der Waals surface area contributed by atoms with E-state index in [1.54, 1.807) is 30.1 Å². The number of amides is 1. The summed E-state index contributed by atoms with van der Waals surface area (Å²) in [7, 11) is 1.75. The van der Waals surface area contributed by atoms with Crippen LogP contribution in [0.3, 0.4) is 0 Å². The molecule has 1 saturated carbocycles. The number of ether oxygens (including phenoxy) is 1. The Bertz CT molecular complexity index is 963. The van der Waals surface area contributed by atoms with Crippen molar-refractivity contribution < 1.29 is 13.9 Å². The van der Waals surface area contributed by atoms with Crippen LogP contribution in [-0.2, 0) is 4.74 Å². The quantitative estimate of drug-likeness (QED) is 0.705. The number of likely N-dealkylation sites (tertiary alicyclic amines) is 1. The summed E-state index contributed by atoms with van der Waals surface area (Å²) in [5.41, 5.74) is 6.38. The van der Waals surface area contributed by atoms with Crippen LogP contribution in [0.4, 0.5) is 15.9 Å². The van der Waals surface area contributed by atoms with Gasteiger partial charge in [-0.1, -0.05) is 0 Å². The Balaban J connectivity index is 1.46. The average Bonchev–Trinajstić information content (AvgIpc) is 3.15. The Labute approximate surface area is 180 Å². The lowest BCUT2D eigenvalue weighted by atomic mass is 9.81. The number of piperidine rings is 1. The molecular formula is C22H27FN6O2. The van der Waals surface area contributed by atoms with Crippen molar-refractivity contribution in [3.63, 3.8) is 0 Å². The van der Waals surface area contributed by atoms with Crippen molar-refractivity contribution in [2.24, 2.45) is 17.6 Å². The standard InChI is InChI=1S/C22H27FN6O2/c1-31-18-8-14(9-18)11-28-7-6-20(15(10-24)12-28)29-13-19(21(25)30)22(27-29)26-17-4-2-16(23)3-5-17/h2-5,13-15,18,20H,6-9,11-12H2,1H3,(H2,25,30)(H,26,27). The minimum atomic E-state index is -0.612. The maximum atomic E-state index is 13.2. The smallest absolute Gasteiger partial charge is 0.254 e. The number of nitriles is 1. The molecule has 2 fully saturated rings. The third-order valence-corrected chi connectivity index (χ3v) is 6.31. The SMILES string of the molecule is COC1CC(CN2CCC(n3cc(C(N)=O)c(Nc4ccc(F)cc4)n3)C(C#N)C2)C1. The average molecular weight is 426 g/mol. The lowest BCUT2D eigenvalue weighted by Gasteiger charge is -2.41. The molecule has 4 rings (SSSR count). The van der Waals surface area contributed by atoms with Crippen molar-refractivity contribution in [2.75, 3.05) is 32.1 Å². The summed E-state index contributed by atoms with van der Waals surface area (Å²) < 4.78 is 20.2. The number of hydrogen-bond acceptors (Lipinski definition) is 6. The zero-order valence-electron chi connectivity index (χ0n) is 17.5. The number of anilines is 2. The van der Waals surface area contributed by atoms with E-state index in [2.05, 4.69) is 21.4 Å². The van der Waals surface area contributed by atoms with Crippen LogP contribution in [0.15, 0.2) is 30.5 Å². The fourth-order valence-electron chi connectivity index (χ4n) is 4.50. The molecule has 0 bridgehead atoms. The lowest BCUT2D eigenvalue weighted by molar-refractivity contribution is -0.0162. The van der Waals surface area contributed by atoms with E-state index in [0.29, 0.717) is 30.1 Å². The minimum absolute atomic E-state index is 0.142. The third kappa shape index (κ3) is 4.70. The highest BCUT2D eigenvalue weighted by Gasteiger charge is 2.36. The number of methoxy groups -OCH3 is 1. The Morgan fingerprint density at radius 3 is 2.77 bits per heavy atom. The van der Waals surface area contributed by atoms with Crippen molar-refractivity contribution in [2.45, 2.75) is 31.4 Å². The predicted molar refractivity (Wildman–Crippen MR) is 113 cm³/mol. The molecule has 1 saturated heterocycles. The molecule has 8 nitrogen and oxygen atoms in total. The molecule has 2 atom stereocenters. The number of hydrogen-bond donors (Lipinski definition) is 2. The first-order chi connectivity index (χ1) is 15.0. The van der Waals surface area contributed by atoms with Crippen LogP contribution >= 0.6 is 0 Å². The molecule has 0 radical (unpaired) electrons. The molecule has 164 valence electrons. The van der Waals surface area contributed by atoms with Gasteiger partial charge in [-0.25, -0.2) is 4.39 Å². The first-order valence-corrected chi connectivity index (χ1v) is 10.5. The number of rotatable bonds is 7. The summed E-state index contributed by atoms with van der Waals surface area (Å²) in [5.74, 6) is -0.280. The Morgan fingerprint density at radius 1 is 1.39 bits per heavy atom. The van der Waals surface area contributed by atoms with Gasteiger partial charge in [0.25, 0.3) is 5.91 Å². The lowest BCUT2D eigenvalue weighted by Crippen LogP contribution is -2.46. The monoisotopic (exact) mass is 426 g/mol. The first kappa shape index (κ1) is 21.3. The molecular weight excluding hydrogens is 399 g/mol. The van der Waals surface area contributed by atoms with Crippen LogP contribution in [0.1, 0.15) is 35.7 Å². The van der Waals surface area contributed by atoms with Crippen LogP contribution in [0, 0.1) is 29.0 Å². The minimum Gasteiger partial charge on any atom is -0.381 e. The number of primary amides is 1. The molecule has 0 spiro atoms. The Kier molecular flexibility index (Phi) is 6.20. The third-order valence-electron chi connectivity index (χ3n) is 6.31. The second-order valence-electron chi connectivity index (χ2n) is 8.41. The van der Waals surface area contributed by atoms with Gasteiger partial charge < -0.3 is 20.7 Å². The molecule has 9 heteroatoms.